The van der Waals surface area contributed by atoms with Crippen molar-refractivity contribution in [2.24, 2.45) is 0 Å². The number of nitrogens with one attached hydrogen (secondary N) is 3. The average molecular weight is 867 g/mol. The molecule has 2 fully saturated rings. The van der Waals surface area contributed by atoms with Crippen molar-refractivity contribution < 1.29 is 28.1 Å². The Balaban J connectivity index is 0.936. The molecule has 19 nitrogen and oxygen atoms in total. The summed E-state index contributed by atoms with van der Waals surface area (Å²) in [4.78, 5) is 83.1. The number of nitrogens with zero attached hydrogens (tertiary/aromatic N) is 9. The number of imide groups is 2. The summed E-state index contributed by atoms with van der Waals surface area (Å²) in [6.45, 7) is 4.33. The van der Waals surface area contributed by atoms with E-state index >= 15 is 0 Å². The molecule has 20 heteroatoms. The van der Waals surface area contributed by atoms with Crippen molar-refractivity contribution in [1.29, 1.82) is 4.78 Å². The van der Waals surface area contributed by atoms with Crippen LogP contribution in [0.15, 0.2) is 90.9 Å². The SMILES string of the molecule is C=CCCn1cc(-c2cc(C3([S@](C)(=N)=O)CC3)nc(-c3ccnc4c3ccn4Cn3cc(COc4cccc5c4C(=O)N(C4CCC(=O)NC4=O)C5=O)nn3)n2)c2cc[nH]c2c1=O. The van der Waals surface area contributed by atoms with Crippen LogP contribution in [0.2, 0.25) is 0 Å². The fraction of sp³-hybridized carbons (Fsp3) is 0.256. The molecule has 0 bridgehead atoms. The monoisotopic (exact) mass is 866 g/mol. The molecule has 6 aromatic heterocycles. The number of ether oxygens (including phenoxy) is 1. The zero-order valence-corrected chi connectivity index (χ0v) is 34.6. The predicted octanol–water partition coefficient (Wildman–Crippen LogP) is 4.12. The van der Waals surface area contributed by atoms with Gasteiger partial charge in [0.25, 0.3) is 17.4 Å². The van der Waals surface area contributed by atoms with Crippen LogP contribution in [0.3, 0.4) is 0 Å². The lowest BCUT2D eigenvalue weighted by Crippen LogP contribution is -2.54. The number of aromatic amines is 1. The minimum Gasteiger partial charge on any atom is -0.486 e. The van der Waals surface area contributed by atoms with Crippen LogP contribution in [0, 0.1) is 4.78 Å². The Labute approximate surface area is 357 Å². The lowest BCUT2D eigenvalue weighted by molar-refractivity contribution is -0.136. The Kier molecular flexibility index (Phi) is 9.28. The summed E-state index contributed by atoms with van der Waals surface area (Å²) in [5.74, 6) is -1.98. The van der Waals surface area contributed by atoms with Crippen molar-refractivity contribution in [2.45, 2.75) is 62.7 Å². The Morgan fingerprint density at radius 2 is 1.84 bits per heavy atom. The number of allylic oxidation sites excluding steroid dienone is 1. The molecule has 10 rings (SSSR count). The van der Waals surface area contributed by atoms with E-state index in [1.54, 1.807) is 58.3 Å². The van der Waals surface area contributed by atoms with Crippen molar-refractivity contribution in [2.75, 3.05) is 6.26 Å². The van der Waals surface area contributed by atoms with Crippen LogP contribution >= 0.6 is 0 Å². The summed E-state index contributed by atoms with van der Waals surface area (Å²) in [6, 6.07) is 10.9. The molecular weight excluding hydrogens is 829 g/mol. The van der Waals surface area contributed by atoms with Crippen molar-refractivity contribution in [3.8, 4) is 28.4 Å². The van der Waals surface area contributed by atoms with Gasteiger partial charge >= 0.3 is 0 Å². The van der Waals surface area contributed by atoms with Crippen LogP contribution in [0.1, 0.15) is 64.2 Å². The highest BCUT2D eigenvalue weighted by Crippen LogP contribution is 2.53. The molecule has 2 atom stereocenters. The molecule has 4 amide bonds. The maximum atomic E-state index is 13.5. The van der Waals surface area contributed by atoms with Gasteiger partial charge in [0.15, 0.2) is 5.82 Å². The molecule has 1 saturated heterocycles. The fourth-order valence-electron chi connectivity index (χ4n) is 8.48. The smallest absolute Gasteiger partial charge is 0.274 e. The number of aromatic nitrogens is 9. The second kappa shape index (κ2) is 14.8. The second-order valence-corrected chi connectivity index (χ2v) is 18.3. The number of carbonyl (C=O) groups is 4. The number of H-pyrrole nitrogens is 1. The molecule has 3 N–H and O–H groups in total. The number of carbonyl (C=O) groups excluding carboxylic acids is 4. The zero-order valence-electron chi connectivity index (χ0n) is 33.7. The number of hydrogen-bond donors (Lipinski definition) is 3. The maximum absolute atomic E-state index is 13.5. The van der Waals surface area contributed by atoms with Gasteiger partial charge in [-0.25, -0.2) is 23.8 Å². The molecule has 0 radical (unpaired) electrons. The van der Waals surface area contributed by atoms with E-state index in [-0.39, 0.29) is 48.6 Å². The standard InChI is InChI=1S/C43H38N12O7S/c1-3-4-17-52-21-29(25-10-15-45-36(25)42(52)60)30-19-33(43(13-14-43)63(2,44)61)48-37(47-30)26-11-16-46-38-27(26)12-18-53(38)23-54-20-24(50-51-54)22-62-32-7-5-6-28-35(32)41(59)55(40(28)58)31-8-9-34(56)49-39(31)57/h3,5-7,10-12,15-16,18-21,31,44-45H,1,4,8-9,13-14,17,22-23H2,2H3,(H,49,56,57)/t31?,63-/m1/s1. The maximum Gasteiger partial charge on any atom is 0.274 e. The van der Waals surface area contributed by atoms with Crippen LogP contribution in [-0.4, -0.2) is 89.1 Å². The highest BCUT2D eigenvalue weighted by molar-refractivity contribution is 7.93. The molecule has 2 aliphatic heterocycles. The van der Waals surface area contributed by atoms with Gasteiger partial charge < -0.3 is 18.9 Å². The number of fused-ring (bicyclic) bond motifs is 3. The van der Waals surface area contributed by atoms with Crippen molar-refractivity contribution in [3.05, 3.63) is 119 Å². The molecule has 1 aliphatic carbocycles. The summed E-state index contributed by atoms with van der Waals surface area (Å²) in [5, 5.41) is 12.1. The first-order valence-electron chi connectivity index (χ1n) is 20.1. The highest BCUT2D eigenvalue weighted by atomic mass is 32.2. The van der Waals surface area contributed by atoms with E-state index in [0.717, 1.165) is 10.3 Å². The van der Waals surface area contributed by atoms with Crippen molar-refractivity contribution in [3.63, 3.8) is 0 Å². The van der Waals surface area contributed by atoms with Crippen LogP contribution in [0.25, 0.3) is 44.6 Å². The summed E-state index contributed by atoms with van der Waals surface area (Å²) in [6.07, 6.45) is 13.6. The zero-order chi connectivity index (χ0) is 43.8. The number of pyridine rings is 2. The molecule has 318 valence electrons. The van der Waals surface area contributed by atoms with Crippen molar-refractivity contribution >= 4 is 55.3 Å². The lowest BCUT2D eigenvalue weighted by atomic mass is 10.0. The Hall–Kier alpha value is -7.61. The molecular formula is C43H38N12O7S. The van der Waals surface area contributed by atoms with Crippen LogP contribution < -0.4 is 15.6 Å². The van der Waals surface area contributed by atoms with E-state index in [1.165, 1.54) is 12.3 Å². The van der Waals surface area contributed by atoms with Crippen LogP contribution in [-0.2, 0) is 43.9 Å². The third-order valence-corrected chi connectivity index (χ3v) is 14.0. The van der Waals surface area contributed by atoms with Gasteiger partial charge in [-0.1, -0.05) is 17.4 Å². The molecule has 1 unspecified atom stereocenters. The van der Waals surface area contributed by atoms with Crippen LogP contribution in [0.5, 0.6) is 5.75 Å². The van der Waals surface area contributed by atoms with E-state index in [1.807, 2.05) is 29.0 Å². The fourth-order valence-corrected chi connectivity index (χ4v) is 9.87. The molecule has 1 saturated carbocycles. The first kappa shape index (κ1) is 39.5. The number of hydrogen-bond acceptors (Lipinski definition) is 13. The summed E-state index contributed by atoms with van der Waals surface area (Å²) >= 11 is 0. The Bertz CT molecular complexity index is 3290. The van der Waals surface area contributed by atoms with Gasteiger partial charge in [0, 0.05) is 65.9 Å². The van der Waals surface area contributed by atoms with E-state index in [0.29, 0.717) is 76.4 Å². The number of benzene rings is 1. The van der Waals surface area contributed by atoms with E-state index in [2.05, 4.69) is 32.2 Å². The quantitative estimate of drug-likeness (QED) is 0.109. The molecule has 63 heavy (non-hydrogen) atoms. The van der Waals surface area contributed by atoms with Gasteiger partial charge in [-0.15, -0.1) is 11.7 Å². The highest BCUT2D eigenvalue weighted by Gasteiger charge is 2.53. The number of amides is 4. The van der Waals surface area contributed by atoms with Crippen molar-refractivity contribution in [1.82, 2.24) is 54.3 Å². The minimum absolute atomic E-state index is 0.00899. The largest absolute Gasteiger partial charge is 0.486 e. The molecule has 1 aromatic carbocycles. The van der Waals surface area contributed by atoms with Gasteiger partial charge in [0.2, 0.25) is 11.8 Å². The third kappa shape index (κ3) is 6.60. The molecule has 8 heterocycles. The first-order valence-corrected chi connectivity index (χ1v) is 22.1. The van der Waals surface area contributed by atoms with E-state index in [9.17, 15) is 28.2 Å². The van der Waals surface area contributed by atoms with E-state index in [4.69, 9.17) is 19.5 Å². The molecule has 0 spiro atoms. The Morgan fingerprint density at radius 1 is 1.00 bits per heavy atom. The topological polar surface area (TPSA) is 246 Å². The average Bonchev–Trinajstić information content (AvgIpc) is 3.51. The number of aryl methyl sites for hydroxylation is 1. The Morgan fingerprint density at radius 3 is 2.62 bits per heavy atom. The number of rotatable bonds is 13. The lowest BCUT2D eigenvalue weighted by Gasteiger charge is -2.27. The summed E-state index contributed by atoms with van der Waals surface area (Å²) in [7, 11) is -3.07. The van der Waals surface area contributed by atoms with Gasteiger partial charge in [-0.05, 0) is 62.1 Å². The second-order valence-electron chi connectivity index (χ2n) is 15.9. The van der Waals surface area contributed by atoms with Gasteiger partial charge in [0.05, 0.1) is 43.2 Å². The predicted molar refractivity (Wildman–Crippen MR) is 228 cm³/mol. The summed E-state index contributed by atoms with van der Waals surface area (Å²) < 4.78 is 32.3. The molecule has 3 aliphatic rings. The molecule has 7 aromatic rings. The van der Waals surface area contributed by atoms with Gasteiger partial charge in [-0.2, -0.15) is 0 Å². The van der Waals surface area contributed by atoms with Crippen LogP contribution in [0.4, 0.5) is 0 Å². The van der Waals surface area contributed by atoms with Gasteiger partial charge in [-0.3, -0.25) is 39.0 Å². The summed E-state index contributed by atoms with van der Waals surface area (Å²) in [5.41, 5.74) is 3.77. The minimum atomic E-state index is -3.07. The third-order valence-electron chi connectivity index (χ3n) is 11.9. The normalized spacial score (nSPS) is 17.9. The number of piperidine rings is 1. The first-order chi connectivity index (χ1) is 30.3. The van der Waals surface area contributed by atoms with E-state index < -0.39 is 44.1 Å². The van der Waals surface area contributed by atoms with Gasteiger partial charge in [0.1, 0.15) is 41.9 Å².